The molecule has 1 aliphatic heterocycles. The molecule has 2 unspecified atom stereocenters. The summed E-state index contributed by atoms with van der Waals surface area (Å²) in [4.78, 5) is 7.40. The maximum absolute atomic E-state index is 12.9. The fraction of sp³-hybridized carbons (Fsp3) is 0.786. The summed E-state index contributed by atoms with van der Waals surface area (Å²) >= 11 is 1.51. The Hall–Kier alpha value is -0.820. The molecule has 2 heterocycles. The van der Waals surface area contributed by atoms with E-state index in [4.69, 9.17) is 0 Å². The Labute approximate surface area is 127 Å². The van der Waals surface area contributed by atoms with Crippen LogP contribution in [-0.2, 0) is 0 Å². The Morgan fingerprint density at radius 2 is 2.19 bits per heavy atom. The molecule has 0 amide bonds. The van der Waals surface area contributed by atoms with Gasteiger partial charge in [0.1, 0.15) is 0 Å². The molecule has 0 aromatic carbocycles. The highest BCUT2D eigenvalue weighted by atomic mass is 32.1. The zero-order valence-electron chi connectivity index (χ0n) is 12.6. The molecular weight excluding hydrogens is 299 g/mol. The number of piperidine rings is 1. The fourth-order valence-electron chi connectivity index (χ4n) is 2.75. The minimum atomic E-state index is -4.11. The average Bonchev–Trinajstić information content (AvgIpc) is 2.80. The van der Waals surface area contributed by atoms with Gasteiger partial charge in [0.15, 0.2) is 5.13 Å². The van der Waals surface area contributed by atoms with Gasteiger partial charge in [-0.3, -0.25) is 0 Å². The first-order chi connectivity index (χ1) is 9.82. The summed E-state index contributed by atoms with van der Waals surface area (Å²) in [5.74, 6) is -1.23. The summed E-state index contributed by atoms with van der Waals surface area (Å²) in [7, 11) is 0. The SMILES string of the molecule is CCNC(C)c1sc(N2CCCC(C(F)(F)F)C2)nc1C. The van der Waals surface area contributed by atoms with E-state index in [9.17, 15) is 13.2 Å². The van der Waals surface area contributed by atoms with Gasteiger partial charge in [-0.05, 0) is 33.2 Å². The number of rotatable bonds is 4. The summed E-state index contributed by atoms with van der Waals surface area (Å²) in [5, 5.41) is 4.05. The van der Waals surface area contributed by atoms with Crippen molar-refractivity contribution in [2.75, 3.05) is 24.5 Å². The molecule has 2 atom stereocenters. The summed E-state index contributed by atoms with van der Waals surface area (Å²) in [5.41, 5.74) is 0.914. The monoisotopic (exact) mass is 321 g/mol. The van der Waals surface area contributed by atoms with E-state index < -0.39 is 12.1 Å². The number of anilines is 1. The third-order valence-corrected chi connectivity index (χ3v) is 5.28. The van der Waals surface area contributed by atoms with E-state index in [0.29, 0.717) is 13.0 Å². The molecule has 1 N–H and O–H groups in total. The van der Waals surface area contributed by atoms with Crippen molar-refractivity contribution >= 4 is 16.5 Å². The van der Waals surface area contributed by atoms with Gasteiger partial charge in [0.25, 0.3) is 0 Å². The molecule has 21 heavy (non-hydrogen) atoms. The van der Waals surface area contributed by atoms with E-state index in [1.807, 2.05) is 13.8 Å². The second-order valence-corrected chi connectivity index (χ2v) is 6.56. The highest BCUT2D eigenvalue weighted by Crippen LogP contribution is 2.37. The van der Waals surface area contributed by atoms with Gasteiger partial charge in [0.2, 0.25) is 0 Å². The predicted molar refractivity (Wildman–Crippen MR) is 79.9 cm³/mol. The topological polar surface area (TPSA) is 28.2 Å². The lowest BCUT2D eigenvalue weighted by molar-refractivity contribution is -0.175. The lowest BCUT2D eigenvalue weighted by Gasteiger charge is -2.33. The van der Waals surface area contributed by atoms with Crippen molar-refractivity contribution in [3.8, 4) is 0 Å². The van der Waals surface area contributed by atoms with Crippen LogP contribution < -0.4 is 10.2 Å². The smallest absolute Gasteiger partial charge is 0.347 e. The van der Waals surface area contributed by atoms with Crippen molar-refractivity contribution < 1.29 is 13.2 Å². The Bertz CT molecular complexity index is 473. The molecule has 1 aromatic heterocycles. The van der Waals surface area contributed by atoms with Gasteiger partial charge < -0.3 is 10.2 Å². The minimum absolute atomic E-state index is 0.0332. The number of halogens is 3. The average molecular weight is 321 g/mol. The number of nitrogens with zero attached hydrogens (tertiary/aromatic N) is 2. The Morgan fingerprint density at radius 3 is 2.81 bits per heavy atom. The van der Waals surface area contributed by atoms with Crippen LogP contribution in [0.4, 0.5) is 18.3 Å². The molecule has 0 radical (unpaired) electrons. The van der Waals surface area contributed by atoms with Crippen molar-refractivity contribution in [1.29, 1.82) is 0 Å². The predicted octanol–water partition coefficient (Wildman–Crippen LogP) is 3.90. The van der Waals surface area contributed by atoms with Gasteiger partial charge in [-0.15, -0.1) is 11.3 Å². The van der Waals surface area contributed by atoms with Gasteiger partial charge >= 0.3 is 6.18 Å². The number of aryl methyl sites for hydroxylation is 1. The first-order valence-corrected chi connectivity index (χ1v) is 8.17. The normalized spacial score (nSPS) is 21.6. The number of thiazole rings is 1. The molecule has 1 aromatic rings. The van der Waals surface area contributed by atoms with Crippen LogP contribution in [0.2, 0.25) is 0 Å². The Balaban J connectivity index is 2.13. The molecule has 120 valence electrons. The van der Waals surface area contributed by atoms with Crippen molar-refractivity contribution in [2.45, 2.75) is 45.8 Å². The number of hydrogen-bond donors (Lipinski definition) is 1. The number of aromatic nitrogens is 1. The first kappa shape index (κ1) is 16.5. The van der Waals surface area contributed by atoms with Crippen molar-refractivity contribution in [2.24, 2.45) is 5.92 Å². The molecular formula is C14H22F3N3S. The van der Waals surface area contributed by atoms with Gasteiger partial charge in [-0.25, -0.2) is 4.98 Å². The van der Waals surface area contributed by atoms with E-state index in [1.165, 1.54) is 11.3 Å². The highest BCUT2D eigenvalue weighted by Gasteiger charge is 2.42. The molecule has 0 spiro atoms. The maximum atomic E-state index is 12.9. The van der Waals surface area contributed by atoms with E-state index in [1.54, 1.807) is 4.90 Å². The minimum Gasteiger partial charge on any atom is -0.347 e. The maximum Gasteiger partial charge on any atom is 0.393 e. The molecule has 3 nitrogen and oxygen atoms in total. The van der Waals surface area contributed by atoms with Crippen LogP contribution in [0, 0.1) is 12.8 Å². The summed E-state index contributed by atoms with van der Waals surface area (Å²) in [6.07, 6.45) is -3.31. The van der Waals surface area contributed by atoms with Gasteiger partial charge in [-0.1, -0.05) is 6.92 Å². The van der Waals surface area contributed by atoms with Crippen molar-refractivity contribution in [3.05, 3.63) is 10.6 Å². The van der Waals surface area contributed by atoms with Crippen LogP contribution in [0.1, 0.15) is 43.3 Å². The van der Waals surface area contributed by atoms with Crippen molar-refractivity contribution in [1.82, 2.24) is 10.3 Å². The molecule has 1 saturated heterocycles. The third-order valence-electron chi connectivity index (χ3n) is 3.88. The second kappa shape index (κ2) is 6.52. The van der Waals surface area contributed by atoms with Gasteiger partial charge in [0.05, 0.1) is 11.6 Å². The van der Waals surface area contributed by atoms with Crippen LogP contribution in [0.5, 0.6) is 0 Å². The molecule has 1 fully saturated rings. The van der Waals surface area contributed by atoms with E-state index in [2.05, 4.69) is 17.2 Å². The van der Waals surface area contributed by atoms with Gasteiger partial charge in [0, 0.05) is 24.0 Å². The zero-order valence-corrected chi connectivity index (χ0v) is 13.4. The second-order valence-electron chi connectivity index (χ2n) is 5.55. The molecule has 1 aliphatic rings. The van der Waals surface area contributed by atoms with Crippen LogP contribution in [0.15, 0.2) is 0 Å². The lowest BCUT2D eigenvalue weighted by atomic mass is 9.98. The number of nitrogens with one attached hydrogen (secondary N) is 1. The zero-order chi connectivity index (χ0) is 15.6. The van der Waals surface area contributed by atoms with E-state index in [-0.39, 0.29) is 19.0 Å². The summed E-state index contributed by atoms with van der Waals surface area (Å²) in [6, 6.07) is 0.185. The lowest BCUT2D eigenvalue weighted by Crippen LogP contribution is -2.41. The molecule has 0 saturated carbocycles. The molecule has 7 heteroatoms. The van der Waals surface area contributed by atoms with Crippen LogP contribution in [-0.4, -0.2) is 30.8 Å². The fourth-order valence-corrected chi connectivity index (χ4v) is 3.88. The number of hydrogen-bond acceptors (Lipinski definition) is 4. The van der Waals surface area contributed by atoms with Crippen LogP contribution in [0.3, 0.4) is 0 Å². The quantitative estimate of drug-likeness (QED) is 0.911. The van der Waals surface area contributed by atoms with E-state index >= 15 is 0 Å². The van der Waals surface area contributed by atoms with E-state index in [0.717, 1.165) is 22.2 Å². The molecule has 0 aliphatic carbocycles. The molecule has 2 rings (SSSR count). The number of alkyl halides is 3. The standard InChI is InChI=1S/C14H22F3N3S/c1-4-18-9(2)12-10(3)19-13(21-12)20-7-5-6-11(8-20)14(15,16)17/h9,11,18H,4-8H2,1-3H3. The highest BCUT2D eigenvalue weighted by molar-refractivity contribution is 7.15. The third kappa shape index (κ3) is 3.88. The van der Waals surface area contributed by atoms with Crippen LogP contribution >= 0.6 is 11.3 Å². The summed E-state index contributed by atoms with van der Waals surface area (Å²) < 4.78 is 38.7. The molecule has 0 bridgehead atoms. The Morgan fingerprint density at radius 1 is 1.48 bits per heavy atom. The van der Waals surface area contributed by atoms with Crippen molar-refractivity contribution in [3.63, 3.8) is 0 Å². The summed E-state index contributed by atoms with van der Waals surface area (Å²) in [6.45, 7) is 7.57. The van der Waals surface area contributed by atoms with Crippen LogP contribution in [0.25, 0.3) is 0 Å². The largest absolute Gasteiger partial charge is 0.393 e. The Kier molecular flexibility index (Phi) is 5.14. The van der Waals surface area contributed by atoms with Gasteiger partial charge in [-0.2, -0.15) is 13.2 Å². The first-order valence-electron chi connectivity index (χ1n) is 7.35.